The van der Waals surface area contributed by atoms with Gasteiger partial charge in [0.1, 0.15) is 11.3 Å². The van der Waals surface area contributed by atoms with Crippen LogP contribution in [0.3, 0.4) is 0 Å². The first-order valence-electron chi connectivity index (χ1n) is 12.0. The van der Waals surface area contributed by atoms with Crippen LogP contribution >= 0.6 is 0 Å². The Morgan fingerprint density at radius 1 is 1.18 bits per heavy atom. The molecule has 1 unspecified atom stereocenters. The molecule has 2 saturated heterocycles. The van der Waals surface area contributed by atoms with Gasteiger partial charge in [0.25, 0.3) is 0 Å². The number of hydrogen-bond donors (Lipinski definition) is 1. The molecule has 2 fully saturated rings. The fraction of sp³-hybridized carbons (Fsp3) is 0.625. The van der Waals surface area contributed by atoms with Crippen molar-refractivity contribution in [1.29, 1.82) is 0 Å². The number of halogens is 1. The van der Waals surface area contributed by atoms with E-state index in [2.05, 4.69) is 28.7 Å². The number of nitrogens with zero attached hydrogens (tertiary/aromatic N) is 5. The second kappa shape index (κ2) is 10.2. The summed E-state index contributed by atoms with van der Waals surface area (Å²) >= 11 is 0. The van der Waals surface area contributed by atoms with Crippen LogP contribution in [0.1, 0.15) is 33.1 Å². The second-order valence-corrected chi connectivity index (χ2v) is 9.49. The molecule has 4 rings (SSSR count). The van der Waals surface area contributed by atoms with Crippen LogP contribution in [0, 0.1) is 11.7 Å². The van der Waals surface area contributed by atoms with Gasteiger partial charge in [-0.05, 0) is 31.4 Å². The molecule has 0 radical (unpaired) electrons. The minimum Gasteiger partial charge on any atom is -0.493 e. The molecule has 186 valence electrons. The maximum Gasteiger partial charge on any atom is 0.228 e. The normalized spacial score (nSPS) is 19.3. The Labute approximate surface area is 200 Å². The summed E-state index contributed by atoms with van der Waals surface area (Å²) in [6, 6.07) is 1.92. The highest BCUT2D eigenvalue weighted by atomic mass is 19.1. The predicted molar refractivity (Wildman–Crippen MR) is 130 cm³/mol. The zero-order valence-corrected chi connectivity index (χ0v) is 20.5. The average Bonchev–Trinajstić information content (AvgIpc) is 3.24. The highest BCUT2D eigenvalue weighted by molar-refractivity contribution is 5.92. The van der Waals surface area contributed by atoms with Crippen molar-refractivity contribution in [1.82, 2.24) is 19.8 Å². The summed E-state index contributed by atoms with van der Waals surface area (Å²) in [4.78, 5) is 28.2. The van der Waals surface area contributed by atoms with E-state index in [-0.39, 0.29) is 28.7 Å². The van der Waals surface area contributed by atoms with Crippen molar-refractivity contribution in [3.8, 4) is 11.5 Å². The van der Waals surface area contributed by atoms with E-state index in [1.807, 2.05) is 9.80 Å². The van der Waals surface area contributed by atoms with Crippen LogP contribution in [0.5, 0.6) is 11.5 Å². The highest BCUT2D eigenvalue weighted by Gasteiger charge is 2.30. The molecule has 0 aliphatic carbocycles. The van der Waals surface area contributed by atoms with Crippen LogP contribution in [0.15, 0.2) is 6.07 Å². The zero-order chi connectivity index (χ0) is 24.4. The number of anilines is 2. The number of carbonyl (C=O) groups is 1. The number of likely N-dealkylation sites (tertiary alicyclic amines) is 1. The van der Waals surface area contributed by atoms with Gasteiger partial charge in [0.15, 0.2) is 17.3 Å². The standard InChI is InChI=1S/C24H35FN6O3/c1-15(2)14-31-7-5-6-16(31)12-19(32)29-8-10-30(11-9-29)24-27-21-17(23(26)28-24)13-18(33-3)22(34-4)20(21)25/h13,15-16H,5-12,14H2,1-4H3,(H2,26,27,28). The third kappa shape index (κ3) is 4.82. The van der Waals surface area contributed by atoms with Gasteiger partial charge in [-0.3, -0.25) is 9.69 Å². The van der Waals surface area contributed by atoms with Crippen LogP contribution in [0.4, 0.5) is 16.2 Å². The minimum atomic E-state index is -0.636. The van der Waals surface area contributed by atoms with E-state index in [9.17, 15) is 4.79 Å². The molecule has 34 heavy (non-hydrogen) atoms. The van der Waals surface area contributed by atoms with Gasteiger partial charge < -0.3 is 25.0 Å². The molecule has 2 N–H and O–H groups in total. The number of benzene rings is 1. The van der Waals surface area contributed by atoms with Gasteiger partial charge in [0.2, 0.25) is 11.9 Å². The summed E-state index contributed by atoms with van der Waals surface area (Å²) in [5.74, 6) is 0.891. The molecule has 2 aromatic rings. The van der Waals surface area contributed by atoms with Crippen molar-refractivity contribution in [3.63, 3.8) is 0 Å². The quantitative estimate of drug-likeness (QED) is 0.654. The van der Waals surface area contributed by atoms with E-state index < -0.39 is 5.82 Å². The van der Waals surface area contributed by atoms with Crippen molar-refractivity contribution in [3.05, 3.63) is 11.9 Å². The molecule has 1 amide bonds. The van der Waals surface area contributed by atoms with Crippen molar-refractivity contribution < 1.29 is 18.7 Å². The molecule has 1 atom stereocenters. The monoisotopic (exact) mass is 474 g/mol. The Balaban J connectivity index is 1.44. The highest BCUT2D eigenvalue weighted by Crippen LogP contribution is 2.37. The number of nitrogen functional groups attached to an aromatic ring is 1. The molecule has 2 aliphatic heterocycles. The van der Waals surface area contributed by atoms with Crippen molar-refractivity contribution in [2.24, 2.45) is 5.92 Å². The summed E-state index contributed by atoms with van der Waals surface area (Å²) in [5, 5.41) is 0.371. The van der Waals surface area contributed by atoms with Gasteiger partial charge >= 0.3 is 0 Å². The molecule has 1 aromatic carbocycles. The number of carbonyl (C=O) groups excluding carboxylic acids is 1. The summed E-state index contributed by atoms with van der Waals surface area (Å²) in [6.07, 6.45) is 2.81. The third-order valence-electron chi connectivity index (χ3n) is 6.72. The number of amides is 1. The topological polar surface area (TPSA) is 97.0 Å². The number of ether oxygens (including phenoxy) is 2. The van der Waals surface area contributed by atoms with Gasteiger partial charge in [-0.2, -0.15) is 4.98 Å². The molecule has 0 saturated carbocycles. The molecule has 0 spiro atoms. The lowest BCUT2D eigenvalue weighted by molar-refractivity contribution is -0.132. The molecule has 1 aromatic heterocycles. The Hall–Kier alpha value is -2.88. The SMILES string of the molecule is COc1cc2c(N)nc(N3CCN(C(=O)CC4CCCN4CC(C)C)CC3)nc2c(F)c1OC. The third-order valence-corrected chi connectivity index (χ3v) is 6.72. The van der Waals surface area contributed by atoms with Crippen LogP contribution in [-0.4, -0.2) is 85.2 Å². The number of hydrogen-bond acceptors (Lipinski definition) is 8. The van der Waals surface area contributed by atoms with Crippen molar-refractivity contribution >= 4 is 28.6 Å². The second-order valence-electron chi connectivity index (χ2n) is 9.49. The van der Waals surface area contributed by atoms with E-state index >= 15 is 4.39 Å². The molecule has 9 nitrogen and oxygen atoms in total. The van der Waals surface area contributed by atoms with Crippen LogP contribution in [0.2, 0.25) is 0 Å². The minimum absolute atomic E-state index is 0.0205. The van der Waals surface area contributed by atoms with E-state index in [0.29, 0.717) is 55.9 Å². The first-order chi connectivity index (χ1) is 16.3. The molecule has 2 aliphatic rings. The Bertz CT molecular complexity index is 1040. The molecule has 10 heteroatoms. The lowest BCUT2D eigenvalue weighted by atomic mass is 10.1. The maximum atomic E-state index is 15.1. The van der Waals surface area contributed by atoms with Gasteiger partial charge in [0.05, 0.1) is 14.2 Å². The largest absolute Gasteiger partial charge is 0.493 e. The Morgan fingerprint density at radius 2 is 1.91 bits per heavy atom. The van der Waals surface area contributed by atoms with Gasteiger partial charge in [-0.15, -0.1) is 0 Å². The van der Waals surface area contributed by atoms with Gasteiger partial charge in [-0.25, -0.2) is 9.37 Å². The summed E-state index contributed by atoms with van der Waals surface area (Å²) < 4.78 is 25.5. The summed E-state index contributed by atoms with van der Waals surface area (Å²) in [6.45, 7) is 8.83. The Morgan fingerprint density at radius 3 is 2.56 bits per heavy atom. The molecule has 0 bridgehead atoms. The lowest BCUT2D eigenvalue weighted by Gasteiger charge is -2.36. The predicted octanol–water partition coefficient (Wildman–Crippen LogP) is 2.53. The van der Waals surface area contributed by atoms with Gasteiger partial charge in [0, 0.05) is 50.6 Å². The molecular formula is C24H35FN6O3. The van der Waals surface area contributed by atoms with Crippen LogP contribution in [-0.2, 0) is 4.79 Å². The van der Waals surface area contributed by atoms with Crippen LogP contribution in [0.25, 0.3) is 10.9 Å². The maximum absolute atomic E-state index is 15.1. The number of aromatic nitrogens is 2. The summed E-state index contributed by atoms with van der Waals surface area (Å²) in [5.41, 5.74) is 6.24. The molecule has 3 heterocycles. The lowest BCUT2D eigenvalue weighted by Crippen LogP contribution is -2.50. The number of fused-ring (bicyclic) bond motifs is 1. The van der Waals surface area contributed by atoms with E-state index in [1.165, 1.54) is 14.2 Å². The fourth-order valence-corrected chi connectivity index (χ4v) is 5.00. The number of piperazine rings is 1. The zero-order valence-electron chi connectivity index (χ0n) is 20.5. The van der Waals surface area contributed by atoms with E-state index in [4.69, 9.17) is 15.2 Å². The van der Waals surface area contributed by atoms with E-state index in [1.54, 1.807) is 6.07 Å². The molecular weight excluding hydrogens is 439 g/mol. The Kier molecular flexibility index (Phi) is 7.25. The van der Waals surface area contributed by atoms with Crippen molar-refractivity contribution in [2.75, 3.05) is 64.1 Å². The smallest absolute Gasteiger partial charge is 0.228 e. The first-order valence-corrected chi connectivity index (χ1v) is 12.0. The number of nitrogens with two attached hydrogens (primary N) is 1. The summed E-state index contributed by atoms with van der Waals surface area (Å²) in [7, 11) is 2.81. The van der Waals surface area contributed by atoms with E-state index in [0.717, 1.165) is 25.9 Å². The fourth-order valence-electron chi connectivity index (χ4n) is 5.00. The number of methoxy groups -OCH3 is 2. The van der Waals surface area contributed by atoms with Crippen LogP contribution < -0.4 is 20.1 Å². The first kappa shape index (κ1) is 24.3. The van der Waals surface area contributed by atoms with Crippen molar-refractivity contribution in [2.45, 2.75) is 39.2 Å². The average molecular weight is 475 g/mol. The number of rotatable bonds is 7. The van der Waals surface area contributed by atoms with Gasteiger partial charge in [-0.1, -0.05) is 13.8 Å².